The molecule has 0 radical (unpaired) electrons. The lowest BCUT2D eigenvalue weighted by molar-refractivity contribution is -0.132. The molecule has 1 saturated heterocycles. The van der Waals surface area contributed by atoms with Crippen molar-refractivity contribution in [2.75, 3.05) is 13.1 Å². The summed E-state index contributed by atoms with van der Waals surface area (Å²) in [5.41, 5.74) is 0.501. The summed E-state index contributed by atoms with van der Waals surface area (Å²) in [7, 11) is 0. The lowest BCUT2D eigenvalue weighted by Gasteiger charge is -2.32. The molecule has 4 nitrogen and oxygen atoms in total. The third-order valence-corrected chi connectivity index (χ3v) is 4.85. The second-order valence-electron chi connectivity index (χ2n) is 5.86. The van der Waals surface area contributed by atoms with Crippen LogP contribution in [0.1, 0.15) is 49.4 Å². The van der Waals surface area contributed by atoms with E-state index >= 15 is 0 Å². The first-order valence-electron chi connectivity index (χ1n) is 8.05. The van der Waals surface area contributed by atoms with E-state index in [1.807, 2.05) is 4.90 Å². The summed E-state index contributed by atoms with van der Waals surface area (Å²) in [6.07, 6.45) is 4.15. The molecule has 1 fully saturated rings. The summed E-state index contributed by atoms with van der Waals surface area (Å²) < 4.78 is 0. The molecule has 0 saturated carbocycles. The highest BCUT2D eigenvalue weighted by Gasteiger charge is 2.23. The second-order valence-corrected chi connectivity index (χ2v) is 6.68. The number of amides is 2. The molecular formula is C17H22Cl2N2O2. The normalized spacial score (nSPS) is 15.5. The first kappa shape index (κ1) is 18.1. The predicted molar refractivity (Wildman–Crippen MR) is 93.1 cm³/mol. The van der Waals surface area contributed by atoms with Gasteiger partial charge in [-0.25, -0.2) is 0 Å². The molecule has 126 valence electrons. The van der Waals surface area contributed by atoms with E-state index in [4.69, 9.17) is 23.2 Å². The molecule has 0 aromatic heterocycles. The molecule has 1 aliphatic rings. The van der Waals surface area contributed by atoms with Crippen LogP contribution in [0.15, 0.2) is 18.2 Å². The van der Waals surface area contributed by atoms with Crippen LogP contribution in [-0.2, 0) is 4.79 Å². The zero-order valence-corrected chi connectivity index (χ0v) is 14.8. The van der Waals surface area contributed by atoms with Crippen molar-refractivity contribution in [2.24, 2.45) is 0 Å². The molecule has 0 unspecified atom stereocenters. The van der Waals surface area contributed by atoms with Gasteiger partial charge < -0.3 is 10.2 Å². The van der Waals surface area contributed by atoms with Gasteiger partial charge in [-0.3, -0.25) is 9.59 Å². The van der Waals surface area contributed by atoms with Crippen LogP contribution >= 0.6 is 23.2 Å². The second kappa shape index (κ2) is 8.55. The zero-order valence-electron chi connectivity index (χ0n) is 13.3. The predicted octanol–water partition coefficient (Wildman–Crippen LogP) is 3.90. The topological polar surface area (TPSA) is 49.4 Å². The summed E-state index contributed by atoms with van der Waals surface area (Å²) in [5.74, 6) is 0.0698. The van der Waals surface area contributed by atoms with Gasteiger partial charge in [-0.15, -0.1) is 0 Å². The number of piperidine rings is 1. The number of likely N-dealkylation sites (tertiary alicyclic amines) is 1. The highest BCUT2D eigenvalue weighted by atomic mass is 35.5. The Morgan fingerprint density at radius 3 is 2.52 bits per heavy atom. The molecule has 23 heavy (non-hydrogen) atoms. The fraction of sp³-hybridized carbons (Fsp3) is 0.529. The Morgan fingerprint density at radius 2 is 1.91 bits per heavy atom. The van der Waals surface area contributed by atoms with Crippen LogP contribution in [0.5, 0.6) is 0 Å². The summed E-state index contributed by atoms with van der Waals surface area (Å²) in [5, 5.41) is 3.81. The molecule has 1 heterocycles. The Kier molecular flexibility index (Phi) is 6.72. The van der Waals surface area contributed by atoms with Crippen LogP contribution in [-0.4, -0.2) is 35.8 Å². The average Bonchev–Trinajstić information content (AvgIpc) is 2.55. The number of nitrogens with zero attached hydrogens (tertiary/aromatic N) is 1. The van der Waals surface area contributed by atoms with Crippen molar-refractivity contribution >= 4 is 35.0 Å². The molecular weight excluding hydrogens is 335 g/mol. The Balaban J connectivity index is 1.82. The summed E-state index contributed by atoms with van der Waals surface area (Å²) in [6, 6.07) is 4.94. The van der Waals surface area contributed by atoms with Crippen LogP contribution in [0.3, 0.4) is 0 Å². The van der Waals surface area contributed by atoms with E-state index < -0.39 is 0 Å². The Morgan fingerprint density at radius 1 is 1.22 bits per heavy atom. The van der Waals surface area contributed by atoms with E-state index in [-0.39, 0.29) is 17.9 Å². The van der Waals surface area contributed by atoms with Crippen molar-refractivity contribution < 1.29 is 9.59 Å². The van der Waals surface area contributed by atoms with Gasteiger partial charge in [-0.2, -0.15) is 0 Å². The number of carbonyl (C=O) groups is 2. The number of halogens is 2. The lowest BCUT2D eigenvalue weighted by Crippen LogP contribution is -2.46. The van der Waals surface area contributed by atoms with E-state index in [0.29, 0.717) is 35.1 Å². The molecule has 1 aromatic carbocycles. The standard InChI is InChI=1S/C17H22Cl2N2O2/c1-2-3-4-16(22)21-9-7-13(8-10-21)20-17(23)12-5-6-14(18)15(19)11-12/h5-6,11,13H,2-4,7-10H2,1H3,(H,20,23). The molecule has 1 N–H and O–H groups in total. The van der Waals surface area contributed by atoms with E-state index in [0.717, 1.165) is 25.7 Å². The maximum absolute atomic E-state index is 12.2. The molecule has 0 aliphatic carbocycles. The van der Waals surface area contributed by atoms with Crippen LogP contribution in [0, 0.1) is 0 Å². The smallest absolute Gasteiger partial charge is 0.251 e. The lowest BCUT2D eigenvalue weighted by atomic mass is 10.0. The van der Waals surface area contributed by atoms with Gasteiger partial charge in [0.1, 0.15) is 0 Å². The maximum Gasteiger partial charge on any atom is 0.251 e. The van der Waals surface area contributed by atoms with Crippen molar-refractivity contribution in [2.45, 2.75) is 45.1 Å². The largest absolute Gasteiger partial charge is 0.349 e. The number of nitrogens with one attached hydrogen (secondary N) is 1. The Labute approximate surface area is 147 Å². The average molecular weight is 357 g/mol. The van der Waals surface area contributed by atoms with Crippen molar-refractivity contribution in [3.05, 3.63) is 33.8 Å². The van der Waals surface area contributed by atoms with Gasteiger partial charge in [0.05, 0.1) is 10.0 Å². The van der Waals surface area contributed by atoms with E-state index in [1.54, 1.807) is 18.2 Å². The number of benzene rings is 1. The van der Waals surface area contributed by atoms with Gasteiger partial charge in [0.25, 0.3) is 5.91 Å². The van der Waals surface area contributed by atoms with Crippen LogP contribution in [0.2, 0.25) is 10.0 Å². The number of carbonyl (C=O) groups excluding carboxylic acids is 2. The van der Waals surface area contributed by atoms with Crippen molar-refractivity contribution in [1.82, 2.24) is 10.2 Å². The maximum atomic E-state index is 12.2. The molecule has 1 aromatic rings. The first-order valence-corrected chi connectivity index (χ1v) is 8.80. The van der Waals surface area contributed by atoms with Crippen molar-refractivity contribution in [3.63, 3.8) is 0 Å². The minimum absolute atomic E-state index is 0.0900. The fourth-order valence-electron chi connectivity index (χ4n) is 2.67. The van der Waals surface area contributed by atoms with E-state index in [2.05, 4.69) is 12.2 Å². The van der Waals surface area contributed by atoms with Crippen molar-refractivity contribution in [1.29, 1.82) is 0 Å². The highest BCUT2D eigenvalue weighted by molar-refractivity contribution is 6.42. The van der Waals surface area contributed by atoms with Gasteiger partial charge in [0.2, 0.25) is 5.91 Å². The van der Waals surface area contributed by atoms with E-state index in [9.17, 15) is 9.59 Å². The quantitative estimate of drug-likeness (QED) is 0.869. The molecule has 0 atom stereocenters. The van der Waals surface area contributed by atoms with E-state index in [1.165, 1.54) is 0 Å². The van der Waals surface area contributed by atoms with Gasteiger partial charge >= 0.3 is 0 Å². The summed E-state index contributed by atoms with van der Waals surface area (Å²) >= 11 is 11.8. The number of rotatable bonds is 5. The highest BCUT2D eigenvalue weighted by Crippen LogP contribution is 2.23. The number of hydrogen-bond acceptors (Lipinski definition) is 2. The van der Waals surface area contributed by atoms with Crippen LogP contribution < -0.4 is 5.32 Å². The third kappa shape index (κ3) is 5.11. The first-order chi connectivity index (χ1) is 11.0. The number of unbranched alkanes of at least 4 members (excludes halogenated alkanes) is 1. The summed E-state index contributed by atoms with van der Waals surface area (Å²) in [4.78, 5) is 26.1. The van der Waals surface area contributed by atoms with Crippen LogP contribution in [0.25, 0.3) is 0 Å². The van der Waals surface area contributed by atoms with Gasteiger partial charge in [-0.1, -0.05) is 36.5 Å². The zero-order chi connectivity index (χ0) is 16.8. The molecule has 1 aliphatic heterocycles. The Bertz CT molecular complexity index is 570. The minimum Gasteiger partial charge on any atom is -0.349 e. The van der Waals surface area contributed by atoms with Gasteiger partial charge in [0, 0.05) is 31.1 Å². The van der Waals surface area contributed by atoms with Gasteiger partial charge in [0.15, 0.2) is 0 Å². The Hall–Kier alpha value is -1.26. The van der Waals surface area contributed by atoms with Crippen molar-refractivity contribution in [3.8, 4) is 0 Å². The monoisotopic (exact) mass is 356 g/mol. The number of hydrogen-bond donors (Lipinski definition) is 1. The molecule has 6 heteroatoms. The SMILES string of the molecule is CCCCC(=O)N1CCC(NC(=O)c2ccc(Cl)c(Cl)c2)CC1. The minimum atomic E-state index is -0.153. The molecule has 0 spiro atoms. The fourth-order valence-corrected chi connectivity index (χ4v) is 2.96. The third-order valence-electron chi connectivity index (χ3n) is 4.11. The molecule has 2 amide bonds. The molecule has 0 bridgehead atoms. The van der Waals surface area contributed by atoms with Crippen LogP contribution in [0.4, 0.5) is 0 Å². The summed E-state index contributed by atoms with van der Waals surface area (Å²) in [6.45, 7) is 3.49. The van der Waals surface area contributed by atoms with Gasteiger partial charge in [-0.05, 0) is 37.5 Å². The molecule has 2 rings (SSSR count).